The summed E-state index contributed by atoms with van der Waals surface area (Å²) in [6.07, 6.45) is 0.846. The van der Waals surface area contributed by atoms with Crippen LogP contribution < -0.4 is 0 Å². The summed E-state index contributed by atoms with van der Waals surface area (Å²) in [6.45, 7) is 0. The fourth-order valence-corrected chi connectivity index (χ4v) is 2.40. The molecule has 0 unspecified atom stereocenters. The van der Waals surface area contributed by atoms with Gasteiger partial charge in [-0.25, -0.2) is 0 Å². The number of thioether (sulfide) groups is 1. The van der Waals surface area contributed by atoms with Gasteiger partial charge in [-0.3, -0.25) is 4.79 Å². The van der Waals surface area contributed by atoms with Gasteiger partial charge < -0.3 is 5.11 Å². The lowest BCUT2D eigenvalue weighted by atomic mass is 10.2. The van der Waals surface area contributed by atoms with E-state index in [9.17, 15) is 9.90 Å². The molecule has 0 radical (unpaired) electrons. The first-order valence-electron chi connectivity index (χ1n) is 5.24. The number of carbonyl (C=O) groups is 1. The summed E-state index contributed by atoms with van der Waals surface area (Å²) in [5.41, 5.74) is 1.75. The molecule has 2 rings (SSSR count). The van der Waals surface area contributed by atoms with Gasteiger partial charge in [0.25, 0.3) is 0 Å². The number of phenols is 1. The molecule has 3 heteroatoms. The molecule has 2 aromatic carbocycles. The van der Waals surface area contributed by atoms with Crippen LogP contribution in [-0.2, 0) is 5.75 Å². The maximum absolute atomic E-state index is 10.6. The fourth-order valence-electron chi connectivity index (χ4n) is 1.49. The van der Waals surface area contributed by atoms with E-state index in [1.165, 1.54) is 0 Å². The highest BCUT2D eigenvalue weighted by molar-refractivity contribution is 7.98. The van der Waals surface area contributed by atoms with Crippen molar-refractivity contribution in [3.8, 4) is 5.75 Å². The molecule has 0 aliphatic heterocycles. The SMILES string of the molecule is O=Cc1cccc(SCc2cccc(O)c2)c1. The Labute approximate surface area is 104 Å². The van der Waals surface area contributed by atoms with E-state index in [-0.39, 0.29) is 5.75 Å². The van der Waals surface area contributed by atoms with Gasteiger partial charge in [-0.2, -0.15) is 0 Å². The van der Waals surface area contributed by atoms with Crippen LogP contribution in [0, 0.1) is 0 Å². The van der Waals surface area contributed by atoms with Crippen LogP contribution in [0.2, 0.25) is 0 Å². The molecule has 0 fully saturated rings. The Bertz CT molecular complexity index is 523. The van der Waals surface area contributed by atoms with Gasteiger partial charge in [0.1, 0.15) is 12.0 Å². The Morgan fingerprint density at radius 3 is 2.71 bits per heavy atom. The van der Waals surface area contributed by atoms with Gasteiger partial charge in [-0.05, 0) is 29.8 Å². The number of carbonyl (C=O) groups excluding carboxylic acids is 1. The van der Waals surface area contributed by atoms with E-state index in [0.29, 0.717) is 5.56 Å². The second-order valence-electron chi connectivity index (χ2n) is 3.65. The molecule has 0 heterocycles. The Hall–Kier alpha value is -1.74. The molecule has 2 aromatic rings. The van der Waals surface area contributed by atoms with Crippen LogP contribution in [0.25, 0.3) is 0 Å². The van der Waals surface area contributed by atoms with Crippen LogP contribution >= 0.6 is 11.8 Å². The average Bonchev–Trinajstić information content (AvgIpc) is 2.37. The number of aromatic hydroxyl groups is 1. The molecule has 0 bridgehead atoms. The first-order valence-corrected chi connectivity index (χ1v) is 6.22. The predicted molar refractivity (Wildman–Crippen MR) is 69.5 cm³/mol. The quantitative estimate of drug-likeness (QED) is 0.660. The largest absolute Gasteiger partial charge is 0.508 e. The maximum atomic E-state index is 10.6. The van der Waals surface area contributed by atoms with Gasteiger partial charge in [0.15, 0.2) is 0 Å². The normalized spacial score (nSPS) is 10.1. The third-order valence-electron chi connectivity index (χ3n) is 2.31. The van der Waals surface area contributed by atoms with E-state index < -0.39 is 0 Å². The highest BCUT2D eigenvalue weighted by atomic mass is 32.2. The summed E-state index contributed by atoms with van der Waals surface area (Å²) in [5, 5.41) is 9.34. The first-order chi connectivity index (χ1) is 8.28. The lowest BCUT2D eigenvalue weighted by Gasteiger charge is -2.03. The Morgan fingerprint density at radius 1 is 1.12 bits per heavy atom. The van der Waals surface area contributed by atoms with Crippen molar-refractivity contribution in [1.82, 2.24) is 0 Å². The van der Waals surface area contributed by atoms with Crippen LogP contribution in [0.5, 0.6) is 5.75 Å². The van der Waals surface area contributed by atoms with Crippen LogP contribution in [0.15, 0.2) is 53.4 Å². The molecular weight excluding hydrogens is 232 g/mol. The Morgan fingerprint density at radius 2 is 1.94 bits per heavy atom. The summed E-state index contributed by atoms with van der Waals surface area (Å²) in [7, 11) is 0. The Balaban J connectivity index is 2.04. The van der Waals surface area contributed by atoms with Gasteiger partial charge in [-0.15, -0.1) is 11.8 Å². The van der Waals surface area contributed by atoms with E-state index in [1.54, 1.807) is 30.0 Å². The van der Waals surface area contributed by atoms with Crippen LogP contribution in [0.3, 0.4) is 0 Å². The monoisotopic (exact) mass is 244 g/mol. The van der Waals surface area contributed by atoms with E-state index in [1.807, 2.05) is 30.3 Å². The number of hydrogen-bond acceptors (Lipinski definition) is 3. The number of benzene rings is 2. The number of phenolic OH excluding ortho intramolecular Hbond substituents is 1. The molecule has 0 aliphatic rings. The summed E-state index contributed by atoms with van der Waals surface area (Å²) < 4.78 is 0. The van der Waals surface area contributed by atoms with Gasteiger partial charge in [-0.1, -0.05) is 24.3 Å². The number of aldehydes is 1. The highest BCUT2D eigenvalue weighted by Crippen LogP contribution is 2.24. The lowest BCUT2D eigenvalue weighted by Crippen LogP contribution is -1.82. The molecule has 0 aliphatic carbocycles. The van der Waals surface area contributed by atoms with Gasteiger partial charge in [0.05, 0.1) is 0 Å². The van der Waals surface area contributed by atoms with Crippen molar-refractivity contribution in [2.45, 2.75) is 10.6 Å². The van der Waals surface area contributed by atoms with Crippen molar-refractivity contribution < 1.29 is 9.90 Å². The molecule has 17 heavy (non-hydrogen) atoms. The van der Waals surface area contributed by atoms with Crippen molar-refractivity contribution in [2.75, 3.05) is 0 Å². The molecule has 2 nitrogen and oxygen atoms in total. The second kappa shape index (κ2) is 5.55. The summed E-state index contributed by atoms with van der Waals surface area (Å²) in [4.78, 5) is 11.7. The molecule has 0 atom stereocenters. The predicted octanol–water partition coefficient (Wildman–Crippen LogP) is 3.50. The maximum Gasteiger partial charge on any atom is 0.150 e. The van der Waals surface area contributed by atoms with Crippen molar-refractivity contribution in [3.05, 3.63) is 59.7 Å². The molecule has 0 saturated carbocycles. The van der Waals surface area contributed by atoms with Gasteiger partial charge in [0.2, 0.25) is 0 Å². The first kappa shape index (κ1) is 11.7. The Kier molecular flexibility index (Phi) is 3.83. The minimum atomic E-state index is 0.282. The topological polar surface area (TPSA) is 37.3 Å². The minimum Gasteiger partial charge on any atom is -0.508 e. The van der Waals surface area contributed by atoms with E-state index in [2.05, 4.69) is 0 Å². The third-order valence-corrected chi connectivity index (χ3v) is 3.38. The van der Waals surface area contributed by atoms with E-state index >= 15 is 0 Å². The fraction of sp³-hybridized carbons (Fsp3) is 0.0714. The summed E-state index contributed by atoms with van der Waals surface area (Å²) >= 11 is 1.64. The van der Waals surface area contributed by atoms with Crippen LogP contribution in [0.1, 0.15) is 15.9 Å². The molecule has 1 N–H and O–H groups in total. The summed E-state index contributed by atoms with van der Waals surface area (Å²) in [6, 6.07) is 14.7. The zero-order valence-corrected chi connectivity index (χ0v) is 9.98. The van der Waals surface area contributed by atoms with Crippen molar-refractivity contribution in [2.24, 2.45) is 0 Å². The third kappa shape index (κ3) is 3.36. The standard InChI is InChI=1S/C14H12O2S/c15-9-11-3-2-6-14(8-11)17-10-12-4-1-5-13(16)7-12/h1-9,16H,10H2. The smallest absolute Gasteiger partial charge is 0.150 e. The van der Waals surface area contributed by atoms with Gasteiger partial charge in [0, 0.05) is 16.2 Å². The van der Waals surface area contributed by atoms with E-state index in [0.717, 1.165) is 22.5 Å². The average molecular weight is 244 g/mol. The number of rotatable bonds is 4. The minimum absolute atomic E-state index is 0.282. The molecular formula is C14H12O2S. The molecule has 0 saturated heterocycles. The number of hydrogen-bond donors (Lipinski definition) is 1. The zero-order valence-electron chi connectivity index (χ0n) is 9.17. The van der Waals surface area contributed by atoms with E-state index in [4.69, 9.17) is 0 Å². The highest BCUT2D eigenvalue weighted by Gasteiger charge is 1.98. The van der Waals surface area contributed by atoms with Crippen molar-refractivity contribution in [3.63, 3.8) is 0 Å². The van der Waals surface area contributed by atoms with Crippen molar-refractivity contribution in [1.29, 1.82) is 0 Å². The molecule has 86 valence electrons. The summed E-state index contributed by atoms with van der Waals surface area (Å²) in [5.74, 6) is 1.06. The second-order valence-corrected chi connectivity index (χ2v) is 4.70. The molecule has 0 aromatic heterocycles. The molecule has 0 amide bonds. The molecule has 0 spiro atoms. The van der Waals surface area contributed by atoms with Gasteiger partial charge >= 0.3 is 0 Å². The lowest BCUT2D eigenvalue weighted by molar-refractivity contribution is 0.112. The van der Waals surface area contributed by atoms with Crippen molar-refractivity contribution >= 4 is 18.0 Å². The van der Waals surface area contributed by atoms with Crippen LogP contribution in [0.4, 0.5) is 0 Å². The van der Waals surface area contributed by atoms with Crippen LogP contribution in [-0.4, -0.2) is 11.4 Å². The zero-order chi connectivity index (χ0) is 12.1.